The van der Waals surface area contributed by atoms with Gasteiger partial charge in [-0.1, -0.05) is 289 Å². The second kappa shape index (κ2) is 57.2. The molecule has 0 fully saturated rings. The van der Waals surface area contributed by atoms with Gasteiger partial charge in [-0.05, 0) is 51.4 Å². The number of carbonyl (C=O) groups is 2. The maximum absolute atomic E-state index is 12.5. The van der Waals surface area contributed by atoms with Crippen LogP contribution in [-0.2, 0) is 14.3 Å². The van der Waals surface area contributed by atoms with Gasteiger partial charge in [0.05, 0.1) is 25.4 Å². The Kier molecular flexibility index (Phi) is 56.0. The molecule has 0 rings (SSSR count). The zero-order valence-electron chi connectivity index (χ0n) is 45.4. The highest BCUT2D eigenvalue weighted by molar-refractivity contribution is 5.76. The average Bonchev–Trinajstić information content (AvgIpc) is 3.33. The summed E-state index contributed by atoms with van der Waals surface area (Å²) in [5.74, 6) is -0.0579. The Morgan fingerprint density at radius 1 is 0.403 bits per heavy atom. The average molecular weight is 947 g/mol. The monoisotopic (exact) mass is 946 g/mol. The van der Waals surface area contributed by atoms with Crippen molar-refractivity contribution < 1.29 is 24.5 Å². The largest absolute Gasteiger partial charge is 0.466 e. The van der Waals surface area contributed by atoms with Crippen LogP contribution in [0.5, 0.6) is 0 Å². The minimum absolute atomic E-state index is 0.0109. The van der Waals surface area contributed by atoms with Crippen molar-refractivity contribution in [1.82, 2.24) is 5.32 Å². The third-order valence-corrected chi connectivity index (χ3v) is 14.3. The molecule has 3 N–H and O–H groups in total. The maximum Gasteiger partial charge on any atom is 0.305 e. The van der Waals surface area contributed by atoms with Crippen molar-refractivity contribution in [1.29, 1.82) is 0 Å². The van der Waals surface area contributed by atoms with E-state index in [2.05, 4.69) is 31.3 Å². The molecule has 0 aliphatic rings. The van der Waals surface area contributed by atoms with Gasteiger partial charge < -0.3 is 20.3 Å². The molecule has 0 aliphatic carbocycles. The number of amides is 1. The van der Waals surface area contributed by atoms with E-state index < -0.39 is 12.1 Å². The molecule has 0 bridgehead atoms. The van der Waals surface area contributed by atoms with Gasteiger partial charge in [-0.15, -0.1) is 0 Å². The number of esters is 1. The van der Waals surface area contributed by atoms with Gasteiger partial charge in [0.15, 0.2) is 0 Å². The number of ether oxygens (including phenoxy) is 1. The van der Waals surface area contributed by atoms with Gasteiger partial charge in [0, 0.05) is 12.8 Å². The maximum atomic E-state index is 12.5. The van der Waals surface area contributed by atoms with Gasteiger partial charge in [-0.25, -0.2) is 0 Å². The third kappa shape index (κ3) is 53.8. The van der Waals surface area contributed by atoms with E-state index in [4.69, 9.17) is 4.74 Å². The molecule has 0 radical (unpaired) electrons. The summed E-state index contributed by atoms with van der Waals surface area (Å²) in [4.78, 5) is 24.6. The molecule has 1 amide bonds. The van der Waals surface area contributed by atoms with Gasteiger partial charge in [0.1, 0.15) is 0 Å². The summed E-state index contributed by atoms with van der Waals surface area (Å²) in [5.41, 5.74) is 0. The van der Waals surface area contributed by atoms with E-state index in [1.165, 1.54) is 250 Å². The van der Waals surface area contributed by atoms with Crippen molar-refractivity contribution >= 4 is 11.9 Å². The van der Waals surface area contributed by atoms with Crippen LogP contribution in [0, 0.1) is 0 Å². The Bertz CT molecular complexity index is 1000. The van der Waals surface area contributed by atoms with Gasteiger partial charge in [-0.2, -0.15) is 0 Å². The molecule has 2 unspecified atom stereocenters. The van der Waals surface area contributed by atoms with E-state index in [9.17, 15) is 19.8 Å². The fourth-order valence-electron chi connectivity index (χ4n) is 9.64. The topological polar surface area (TPSA) is 95.9 Å². The first-order valence-corrected chi connectivity index (χ1v) is 30.4. The molecule has 0 heterocycles. The summed E-state index contributed by atoms with van der Waals surface area (Å²) >= 11 is 0. The second-order valence-corrected chi connectivity index (χ2v) is 21.0. The predicted octanol–water partition coefficient (Wildman–Crippen LogP) is 18.9. The summed E-state index contributed by atoms with van der Waals surface area (Å²) in [5, 5.41) is 23.3. The van der Waals surface area contributed by atoms with Crippen LogP contribution in [-0.4, -0.2) is 47.4 Å². The molecule has 0 spiro atoms. The summed E-state index contributed by atoms with van der Waals surface area (Å²) in [7, 11) is 0. The number of unbranched alkanes of at least 4 members (excludes halogenated alkanes) is 44. The van der Waals surface area contributed by atoms with Gasteiger partial charge in [-0.3, -0.25) is 9.59 Å². The quantitative estimate of drug-likeness (QED) is 0.0321. The highest BCUT2D eigenvalue weighted by Crippen LogP contribution is 2.18. The minimum Gasteiger partial charge on any atom is -0.466 e. The highest BCUT2D eigenvalue weighted by Gasteiger charge is 2.20. The lowest BCUT2D eigenvalue weighted by Crippen LogP contribution is -2.45. The minimum atomic E-state index is -0.675. The van der Waals surface area contributed by atoms with Crippen LogP contribution >= 0.6 is 0 Å². The van der Waals surface area contributed by atoms with Crippen LogP contribution < -0.4 is 5.32 Å². The second-order valence-electron chi connectivity index (χ2n) is 21.0. The lowest BCUT2D eigenvalue weighted by Gasteiger charge is -2.22. The van der Waals surface area contributed by atoms with Crippen LogP contribution in [0.3, 0.4) is 0 Å². The molecule has 0 saturated heterocycles. The fourth-order valence-corrected chi connectivity index (χ4v) is 9.64. The molecule has 0 aliphatic heterocycles. The van der Waals surface area contributed by atoms with Crippen molar-refractivity contribution in [3.63, 3.8) is 0 Å². The van der Waals surface area contributed by atoms with Crippen LogP contribution in [0.25, 0.3) is 0 Å². The molecule has 0 saturated carbocycles. The molecule has 6 heteroatoms. The van der Waals surface area contributed by atoms with Crippen LogP contribution in [0.2, 0.25) is 0 Å². The number of aliphatic hydroxyl groups is 2. The van der Waals surface area contributed by atoms with Crippen LogP contribution in [0.4, 0.5) is 0 Å². The molecule has 67 heavy (non-hydrogen) atoms. The molecule has 398 valence electrons. The molecule has 0 aromatic carbocycles. The number of aliphatic hydroxyl groups excluding tert-OH is 2. The third-order valence-electron chi connectivity index (χ3n) is 14.3. The SMILES string of the molecule is CCCCCCCCC/C=C\CCCCCCCCCC(=O)OCCCCCCCCCCCCCCC(=O)NC(CO)C(O)CCCCCCCCCCCCCCCCCCCCCC. The van der Waals surface area contributed by atoms with E-state index in [0.717, 1.165) is 57.8 Å². The Labute approximate surface area is 419 Å². The van der Waals surface area contributed by atoms with Crippen molar-refractivity contribution in [2.24, 2.45) is 0 Å². The molecule has 2 atom stereocenters. The fraction of sp³-hybridized carbons (Fsp3) is 0.934. The van der Waals surface area contributed by atoms with E-state index in [1.54, 1.807) is 0 Å². The summed E-state index contributed by atoms with van der Waals surface area (Å²) in [6.45, 7) is 4.94. The normalized spacial score (nSPS) is 12.6. The van der Waals surface area contributed by atoms with Crippen LogP contribution in [0.1, 0.15) is 341 Å². The molecule has 6 nitrogen and oxygen atoms in total. The zero-order valence-corrected chi connectivity index (χ0v) is 45.4. The molecule has 0 aromatic rings. The Morgan fingerprint density at radius 3 is 1.06 bits per heavy atom. The van der Waals surface area contributed by atoms with E-state index >= 15 is 0 Å². The summed E-state index contributed by atoms with van der Waals surface area (Å²) in [6, 6.07) is -0.553. The summed E-state index contributed by atoms with van der Waals surface area (Å²) < 4.78 is 5.48. The standard InChI is InChI=1S/C61H119NO5/c1-3-5-7-9-11-13-15-17-19-21-23-24-25-27-29-33-37-41-45-49-53-59(64)58(57-63)62-60(65)54-50-46-42-38-34-31-32-36-40-44-48-52-56-67-61(66)55-51-47-43-39-35-30-28-26-22-20-18-16-14-12-10-8-6-4-2/h20,22,58-59,63-64H,3-19,21,23-57H2,1-2H3,(H,62,65)/b22-20-. The number of rotatable bonds is 57. The number of allylic oxidation sites excluding steroid dienone is 2. The van der Waals surface area contributed by atoms with Crippen molar-refractivity contribution in [3.8, 4) is 0 Å². The smallest absolute Gasteiger partial charge is 0.305 e. The first-order valence-electron chi connectivity index (χ1n) is 30.4. The van der Waals surface area contributed by atoms with E-state index in [1.807, 2.05) is 0 Å². The highest BCUT2D eigenvalue weighted by atomic mass is 16.5. The number of hydrogen-bond acceptors (Lipinski definition) is 5. The first kappa shape index (κ1) is 65.6. The van der Waals surface area contributed by atoms with E-state index in [-0.39, 0.29) is 18.5 Å². The van der Waals surface area contributed by atoms with Crippen LogP contribution in [0.15, 0.2) is 12.2 Å². The van der Waals surface area contributed by atoms with Gasteiger partial charge in [0.25, 0.3) is 0 Å². The lowest BCUT2D eigenvalue weighted by atomic mass is 10.0. The van der Waals surface area contributed by atoms with E-state index in [0.29, 0.717) is 25.9 Å². The first-order chi connectivity index (χ1) is 33.0. The van der Waals surface area contributed by atoms with Crippen molar-refractivity contribution in [2.45, 2.75) is 353 Å². The number of hydrogen-bond donors (Lipinski definition) is 3. The number of nitrogens with one attached hydrogen (secondary N) is 1. The molecular formula is C61H119NO5. The molecule has 0 aromatic heterocycles. The van der Waals surface area contributed by atoms with Crippen molar-refractivity contribution in [3.05, 3.63) is 12.2 Å². The Morgan fingerprint density at radius 2 is 0.701 bits per heavy atom. The molecular weight excluding hydrogens is 827 g/mol. The van der Waals surface area contributed by atoms with Gasteiger partial charge >= 0.3 is 5.97 Å². The van der Waals surface area contributed by atoms with Gasteiger partial charge in [0.2, 0.25) is 5.91 Å². The number of carbonyl (C=O) groups excluding carboxylic acids is 2. The lowest BCUT2D eigenvalue weighted by molar-refractivity contribution is -0.143. The Hall–Kier alpha value is -1.40. The van der Waals surface area contributed by atoms with Crippen molar-refractivity contribution in [2.75, 3.05) is 13.2 Å². The summed E-state index contributed by atoms with van der Waals surface area (Å²) in [6.07, 6.45) is 67.7. The Balaban J connectivity index is 3.44. The predicted molar refractivity (Wildman–Crippen MR) is 292 cm³/mol. The zero-order chi connectivity index (χ0) is 48.6.